The van der Waals surface area contributed by atoms with Crippen molar-refractivity contribution in [2.24, 2.45) is 4.99 Å². The number of hydrogen-bond acceptors (Lipinski definition) is 10. The Hall–Kier alpha value is -3.48. The number of ether oxygens (including phenoxy) is 2. The third-order valence-electron chi connectivity index (χ3n) is 6.22. The van der Waals surface area contributed by atoms with Gasteiger partial charge in [0.05, 0.1) is 29.5 Å². The molecule has 41 heavy (non-hydrogen) atoms. The first-order chi connectivity index (χ1) is 19.8. The quantitative estimate of drug-likeness (QED) is 0.179. The van der Waals surface area contributed by atoms with Crippen molar-refractivity contribution in [1.29, 1.82) is 0 Å². The zero-order valence-electron chi connectivity index (χ0n) is 22.8. The molecule has 0 radical (unpaired) electrons. The number of esters is 1. The van der Waals surface area contributed by atoms with Crippen LogP contribution in [0.1, 0.15) is 49.7 Å². The van der Waals surface area contributed by atoms with E-state index in [0.29, 0.717) is 54.3 Å². The average molecular weight is 656 g/mol. The van der Waals surface area contributed by atoms with Crippen molar-refractivity contribution in [3.8, 4) is 5.75 Å². The standard InChI is InChI=1S/C29H27BrN4O5S2/c1-5-7-20-24(27(36)38-6-2)25(19-14-17(30)8-10-21(19)37-4)34-26(35)22(40-29(34)33-20)15-18-9-11-23(39-18)41-28-31-13-12-16(3)32-28/h8-15,25H,5-7H2,1-4H3/b22-15-/t25-/m1/s1. The number of nitrogens with zero attached hydrogens (tertiary/aromatic N) is 4. The van der Waals surface area contributed by atoms with Crippen LogP contribution in [0.15, 0.2) is 82.8 Å². The van der Waals surface area contributed by atoms with Crippen molar-refractivity contribution in [3.63, 3.8) is 0 Å². The van der Waals surface area contributed by atoms with Gasteiger partial charge < -0.3 is 13.9 Å². The van der Waals surface area contributed by atoms with E-state index < -0.39 is 12.0 Å². The van der Waals surface area contributed by atoms with Gasteiger partial charge in [-0.25, -0.2) is 19.8 Å². The summed E-state index contributed by atoms with van der Waals surface area (Å²) in [6, 6.07) is 10.2. The maximum absolute atomic E-state index is 14.0. The molecule has 0 unspecified atom stereocenters. The number of carbonyl (C=O) groups is 1. The van der Waals surface area contributed by atoms with Crippen LogP contribution >= 0.6 is 39.0 Å². The Morgan fingerprint density at radius 1 is 1.24 bits per heavy atom. The second-order valence-corrected chi connectivity index (χ2v) is 11.9. The molecule has 0 aliphatic carbocycles. The first-order valence-corrected chi connectivity index (χ1v) is 15.4. The van der Waals surface area contributed by atoms with Crippen molar-refractivity contribution < 1.29 is 18.7 Å². The molecule has 0 saturated carbocycles. The van der Waals surface area contributed by atoms with Crippen LogP contribution in [0.4, 0.5) is 0 Å². The molecule has 0 bridgehead atoms. The Morgan fingerprint density at radius 3 is 2.80 bits per heavy atom. The molecule has 12 heteroatoms. The van der Waals surface area contributed by atoms with Crippen LogP contribution in [-0.4, -0.2) is 34.2 Å². The number of halogens is 1. The van der Waals surface area contributed by atoms with E-state index in [4.69, 9.17) is 18.9 Å². The van der Waals surface area contributed by atoms with Gasteiger partial charge in [0.1, 0.15) is 17.6 Å². The van der Waals surface area contributed by atoms with Crippen LogP contribution < -0.4 is 19.6 Å². The minimum atomic E-state index is -0.789. The van der Waals surface area contributed by atoms with Gasteiger partial charge >= 0.3 is 5.97 Å². The van der Waals surface area contributed by atoms with Gasteiger partial charge in [-0.1, -0.05) is 40.6 Å². The van der Waals surface area contributed by atoms with E-state index >= 15 is 0 Å². The summed E-state index contributed by atoms with van der Waals surface area (Å²) in [4.78, 5) is 41.4. The van der Waals surface area contributed by atoms with Crippen LogP contribution in [0.3, 0.4) is 0 Å². The Kier molecular flexibility index (Phi) is 8.91. The van der Waals surface area contributed by atoms with Gasteiger partial charge in [-0.15, -0.1) is 0 Å². The molecule has 4 aromatic rings. The molecule has 3 aromatic heterocycles. The number of rotatable bonds is 9. The van der Waals surface area contributed by atoms with Crippen molar-refractivity contribution in [3.05, 3.63) is 95.0 Å². The van der Waals surface area contributed by atoms with Gasteiger partial charge in [-0.3, -0.25) is 9.36 Å². The van der Waals surface area contributed by atoms with Crippen molar-refractivity contribution in [2.45, 2.75) is 49.9 Å². The molecule has 1 aliphatic rings. The van der Waals surface area contributed by atoms with E-state index in [1.165, 1.54) is 23.1 Å². The lowest BCUT2D eigenvalue weighted by Crippen LogP contribution is -2.40. The third-order valence-corrected chi connectivity index (χ3v) is 8.49. The van der Waals surface area contributed by atoms with Gasteiger partial charge in [0.2, 0.25) is 0 Å². The lowest BCUT2D eigenvalue weighted by Gasteiger charge is -2.27. The minimum absolute atomic E-state index is 0.195. The van der Waals surface area contributed by atoms with Crippen LogP contribution in [0.25, 0.3) is 6.08 Å². The number of thiazole rings is 1. The highest BCUT2D eigenvalue weighted by molar-refractivity contribution is 9.10. The van der Waals surface area contributed by atoms with Gasteiger partial charge in [0.25, 0.3) is 5.56 Å². The zero-order chi connectivity index (χ0) is 29.1. The first-order valence-electron chi connectivity index (χ1n) is 13.0. The van der Waals surface area contributed by atoms with Gasteiger partial charge in [0.15, 0.2) is 15.1 Å². The molecule has 0 saturated heterocycles. The molecule has 4 heterocycles. The number of hydrogen-bond donors (Lipinski definition) is 0. The number of benzene rings is 1. The number of aromatic nitrogens is 3. The number of fused-ring (bicyclic) bond motifs is 1. The van der Waals surface area contributed by atoms with E-state index in [-0.39, 0.29) is 12.2 Å². The molecule has 1 aliphatic heterocycles. The highest BCUT2D eigenvalue weighted by atomic mass is 79.9. The third kappa shape index (κ3) is 6.09. The van der Waals surface area contributed by atoms with E-state index in [9.17, 15) is 9.59 Å². The maximum atomic E-state index is 14.0. The van der Waals surface area contributed by atoms with Gasteiger partial charge in [-0.2, -0.15) is 0 Å². The van der Waals surface area contributed by atoms with Crippen LogP contribution in [0, 0.1) is 6.92 Å². The molecule has 0 spiro atoms. The fourth-order valence-corrected chi connectivity index (χ4v) is 6.63. The lowest BCUT2D eigenvalue weighted by molar-refractivity contribution is -0.139. The number of furan rings is 1. The van der Waals surface area contributed by atoms with Crippen molar-refractivity contribution >= 4 is 51.1 Å². The molecule has 9 nitrogen and oxygen atoms in total. The first kappa shape index (κ1) is 29.0. The van der Waals surface area contributed by atoms with E-state index in [2.05, 4.69) is 25.9 Å². The number of methoxy groups -OCH3 is 1. The SMILES string of the molecule is CCCC1=C(C(=O)OCC)[C@@H](c2cc(Br)ccc2OC)n2c(s/c(=C\c3ccc(Sc4nccc(C)n4)o3)c2=O)=N1. The number of carbonyl (C=O) groups excluding carboxylic acids is 1. The highest BCUT2D eigenvalue weighted by Crippen LogP contribution is 2.38. The monoisotopic (exact) mass is 654 g/mol. The molecule has 1 atom stereocenters. The normalized spacial score (nSPS) is 15.0. The summed E-state index contributed by atoms with van der Waals surface area (Å²) in [5.41, 5.74) is 2.14. The predicted octanol–water partition coefficient (Wildman–Crippen LogP) is 5.19. The molecular formula is C29H27BrN4O5S2. The van der Waals surface area contributed by atoms with Crippen LogP contribution in [-0.2, 0) is 9.53 Å². The Morgan fingerprint density at radius 2 is 2.07 bits per heavy atom. The molecule has 5 rings (SSSR count). The number of aryl methyl sites for hydroxylation is 1. The van der Waals surface area contributed by atoms with Gasteiger partial charge in [-0.05, 0) is 68.4 Å². The van der Waals surface area contributed by atoms with E-state index in [1.807, 2.05) is 38.1 Å². The summed E-state index contributed by atoms with van der Waals surface area (Å²) < 4.78 is 19.9. The van der Waals surface area contributed by atoms with Crippen LogP contribution in [0.5, 0.6) is 5.75 Å². The molecule has 1 aromatic carbocycles. The molecule has 0 amide bonds. The predicted molar refractivity (Wildman–Crippen MR) is 160 cm³/mol. The summed E-state index contributed by atoms with van der Waals surface area (Å²) in [6.07, 6.45) is 4.69. The summed E-state index contributed by atoms with van der Waals surface area (Å²) in [7, 11) is 1.56. The smallest absolute Gasteiger partial charge is 0.338 e. The zero-order valence-corrected chi connectivity index (χ0v) is 26.1. The van der Waals surface area contributed by atoms with Crippen molar-refractivity contribution in [1.82, 2.24) is 14.5 Å². The summed E-state index contributed by atoms with van der Waals surface area (Å²) in [5, 5.41) is 1.17. The summed E-state index contributed by atoms with van der Waals surface area (Å²) in [6.45, 7) is 5.86. The highest BCUT2D eigenvalue weighted by Gasteiger charge is 2.36. The fourth-order valence-electron chi connectivity index (χ4n) is 4.50. The molecule has 0 N–H and O–H groups in total. The molecular weight excluding hydrogens is 628 g/mol. The Labute approximate surface area is 252 Å². The van der Waals surface area contributed by atoms with Gasteiger partial charge in [0, 0.05) is 28.0 Å². The largest absolute Gasteiger partial charge is 0.496 e. The van der Waals surface area contributed by atoms with Crippen LogP contribution in [0.2, 0.25) is 0 Å². The Bertz CT molecular complexity index is 1820. The lowest BCUT2D eigenvalue weighted by atomic mass is 9.93. The fraction of sp³-hybridized carbons (Fsp3) is 0.276. The second-order valence-electron chi connectivity index (χ2n) is 9.04. The average Bonchev–Trinajstić information content (AvgIpc) is 3.51. The summed E-state index contributed by atoms with van der Waals surface area (Å²) >= 11 is 6.08. The Balaban J connectivity index is 1.66. The molecule has 0 fully saturated rings. The van der Waals surface area contributed by atoms with E-state index in [1.54, 1.807) is 43.0 Å². The van der Waals surface area contributed by atoms with Crippen molar-refractivity contribution in [2.75, 3.05) is 13.7 Å². The second kappa shape index (κ2) is 12.6. The topological polar surface area (TPSA) is 109 Å². The summed E-state index contributed by atoms with van der Waals surface area (Å²) in [5.74, 6) is 0.533. The van der Waals surface area contributed by atoms with E-state index in [0.717, 1.165) is 16.6 Å². The molecule has 212 valence electrons. The number of allylic oxidation sites excluding steroid dienone is 1. The maximum Gasteiger partial charge on any atom is 0.338 e. The minimum Gasteiger partial charge on any atom is -0.496 e.